The lowest BCUT2D eigenvalue weighted by molar-refractivity contribution is -0.163. The normalized spacial score (nSPS) is 30.9. The van der Waals surface area contributed by atoms with Crippen LogP contribution in [0.2, 0.25) is 0 Å². The number of rotatable bonds is 3. The summed E-state index contributed by atoms with van der Waals surface area (Å²) >= 11 is 0. The molecule has 1 aliphatic carbocycles. The van der Waals surface area contributed by atoms with Crippen molar-refractivity contribution >= 4 is 16.0 Å². The van der Waals surface area contributed by atoms with E-state index in [1.807, 2.05) is 0 Å². The highest BCUT2D eigenvalue weighted by Crippen LogP contribution is 2.46. The van der Waals surface area contributed by atoms with Gasteiger partial charge in [-0.2, -0.15) is 0 Å². The SMILES string of the molecule is CC1(S(=O)(=O)N2CCC(F)(F)C(C(=O)O)C2)CC1. The maximum absolute atomic E-state index is 13.4. The Hall–Kier alpha value is -0.760. The summed E-state index contributed by atoms with van der Waals surface area (Å²) in [5, 5.41) is 8.77. The van der Waals surface area contributed by atoms with Gasteiger partial charge < -0.3 is 5.11 Å². The number of piperidine rings is 1. The molecule has 5 nitrogen and oxygen atoms in total. The molecule has 104 valence electrons. The molecule has 0 aromatic heterocycles. The van der Waals surface area contributed by atoms with Crippen LogP contribution in [0.4, 0.5) is 8.78 Å². The molecule has 0 aromatic carbocycles. The van der Waals surface area contributed by atoms with Crippen molar-refractivity contribution in [3.63, 3.8) is 0 Å². The summed E-state index contributed by atoms with van der Waals surface area (Å²) in [6.07, 6.45) is 0.263. The monoisotopic (exact) mass is 283 g/mol. The molecule has 0 spiro atoms. The fraction of sp³-hybridized carbons (Fsp3) is 0.900. The zero-order valence-corrected chi connectivity index (χ0v) is 10.7. The second kappa shape index (κ2) is 3.86. The number of aliphatic carboxylic acids is 1. The van der Waals surface area contributed by atoms with Crippen molar-refractivity contribution in [3.8, 4) is 0 Å². The Morgan fingerprint density at radius 2 is 1.89 bits per heavy atom. The van der Waals surface area contributed by atoms with E-state index in [2.05, 4.69) is 0 Å². The van der Waals surface area contributed by atoms with Gasteiger partial charge in [-0.1, -0.05) is 0 Å². The van der Waals surface area contributed by atoms with E-state index in [4.69, 9.17) is 5.11 Å². The van der Waals surface area contributed by atoms with Crippen molar-refractivity contribution in [1.82, 2.24) is 4.31 Å². The number of sulfonamides is 1. The topological polar surface area (TPSA) is 74.7 Å². The van der Waals surface area contributed by atoms with Crippen LogP contribution in [-0.2, 0) is 14.8 Å². The van der Waals surface area contributed by atoms with Crippen LogP contribution in [0.15, 0.2) is 0 Å². The first-order valence-electron chi connectivity index (χ1n) is 5.70. The van der Waals surface area contributed by atoms with Crippen LogP contribution in [-0.4, -0.2) is 47.6 Å². The smallest absolute Gasteiger partial charge is 0.313 e. The van der Waals surface area contributed by atoms with Crippen molar-refractivity contribution in [2.75, 3.05) is 13.1 Å². The van der Waals surface area contributed by atoms with Crippen LogP contribution in [0.25, 0.3) is 0 Å². The van der Waals surface area contributed by atoms with Crippen molar-refractivity contribution in [1.29, 1.82) is 0 Å². The molecule has 0 bridgehead atoms. The molecule has 0 aromatic rings. The van der Waals surface area contributed by atoms with Crippen molar-refractivity contribution in [3.05, 3.63) is 0 Å². The fourth-order valence-corrected chi connectivity index (χ4v) is 4.02. The van der Waals surface area contributed by atoms with Gasteiger partial charge in [0.2, 0.25) is 10.0 Å². The number of carboxylic acids is 1. The Morgan fingerprint density at radius 1 is 1.33 bits per heavy atom. The molecule has 2 rings (SSSR count). The molecule has 2 aliphatic rings. The molecule has 8 heteroatoms. The van der Waals surface area contributed by atoms with Gasteiger partial charge in [-0.05, 0) is 19.8 Å². The molecule has 1 N–H and O–H groups in total. The van der Waals surface area contributed by atoms with Gasteiger partial charge in [-0.3, -0.25) is 4.79 Å². The van der Waals surface area contributed by atoms with Gasteiger partial charge in [0.25, 0.3) is 5.92 Å². The second-order valence-electron chi connectivity index (χ2n) is 5.21. The van der Waals surface area contributed by atoms with Crippen LogP contribution >= 0.6 is 0 Å². The first kappa shape index (κ1) is 13.7. The van der Waals surface area contributed by atoms with E-state index < -0.39 is 45.5 Å². The highest BCUT2D eigenvalue weighted by atomic mass is 32.2. The van der Waals surface area contributed by atoms with E-state index >= 15 is 0 Å². The Balaban J connectivity index is 2.22. The molecule has 1 heterocycles. The third kappa shape index (κ3) is 2.01. The summed E-state index contributed by atoms with van der Waals surface area (Å²) in [7, 11) is -3.67. The minimum Gasteiger partial charge on any atom is -0.481 e. The molecule has 1 aliphatic heterocycles. The van der Waals surface area contributed by atoms with Crippen LogP contribution < -0.4 is 0 Å². The van der Waals surface area contributed by atoms with Crippen molar-refractivity contribution in [2.24, 2.45) is 5.92 Å². The Morgan fingerprint density at radius 3 is 2.33 bits per heavy atom. The number of carboxylic acid groups (broad SMARTS) is 1. The van der Waals surface area contributed by atoms with Gasteiger partial charge in [-0.15, -0.1) is 0 Å². The average Bonchev–Trinajstić information content (AvgIpc) is 2.96. The van der Waals surface area contributed by atoms with Crippen LogP contribution in [0.5, 0.6) is 0 Å². The van der Waals surface area contributed by atoms with E-state index in [1.165, 1.54) is 0 Å². The summed E-state index contributed by atoms with van der Waals surface area (Å²) in [6.45, 7) is 0.611. The number of carbonyl (C=O) groups is 1. The zero-order chi connectivity index (χ0) is 13.8. The fourth-order valence-electron chi connectivity index (χ4n) is 2.10. The highest BCUT2D eigenvalue weighted by molar-refractivity contribution is 7.90. The highest BCUT2D eigenvalue weighted by Gasteiger charge is 2.57. The van der Waals surface area contributed by atoms with Crippen molar-refractivity contribution in [2.45, 2.75) is 36.9 Å². The van der Waals surface area contributed by atoms with Crippen LogP contribution in [0.1, 0.15) is 26.2 Å². The maximum atomic E-state index is 13.4. The van der Waals surface area contributed by atoms with E-state index in [0.717, 1.165) is 4.31 Å². The summed E-state index contributed by atoms with van der Waals surface area (Å²) in [4.78, 5) is 10.8. The van der Waals surface area contributed by atoms with Crippen molar-refractivity contribution < 1.29 is 27.1 Å². The van der Waals surface area contributed by atoms with E-state index in [1.54, 1.807) is 6.92 Å². The second-order valence-corrected chi connectivity index (χ2v) is 7.67. The molecule has 1 saturated heterocycles. The van der Waals surface area contributed by atoms with E-state index in [9.17, 15) is 22.0 Å². The summed E-state index contributed by atoms with van der Waals surface area (Å²) in [5.41, 5.74) is 0. The van der Waals surface area contributed by atoms with Crippen LogP contribution in [0, 0.1) is 5.92 Å². The standard InChI is InChI=1S/C10H15F2NO4S/c1-9(2-3-9)18(16,17)13-5-4-10(11,12)7(6-13)8(14)15/h7H,2-6H2,1H3,(H,14,15). The Labute approximate surface area is 104 Å². The number of halogens is 2. The molecule has 0 radical (unpaired) electrons. The predicted molar refractivity (Wildman–Crippen MR) is 58.8 cm³/mol. The summed E-state index contributed by atoms with van der Waals surface area (Å²) in [6, 6.07) is 0. The van der Waals surface area contributed by atoms with Gasteiger partial charge in [0, 0.05) is 19.5 Å². The predicted octanol–water partition coefficient (Wildman–Crippen LogP) is 0.910. The minimum atomic E-state index is -3.67. The molecule has 0 amide bonds. The average molecular weight is 283 g/mol. The van der Waals surface area contributed by atoms with Gasteiger partial charge in [0.1, 0.15) is 5.92 Å². The third-order valence-electron chi connectivity index (χ3n) is 3.81. The molecular weight excluding hydrogens is 268 g/mol. The van der Waals surface area contributed by atoms with Gasteiger partial charge in [-0.25, -0.2) is 21.5 Å². The van der Waals surface area contributed by atoms with Crippen LogP contribution in [0.3, 0.4) is 0 Å². The Kier molecular flexibility index (Phi) is 2.93. The molecule has 1 atom stereocenters. The lowest BCUT2D eigenvalue weighted by Crippen LogP contribution is -2.54. The van der Waals surface area contributed by atoms with Gasteiger partial charge >= 0.3 is 5.97 Å². The summed E-state index contributed by atoms with van der Waals surface area (Å²) < 4.78 is 51.1. The van der Waals surface area contributed by atoms with Gasteiger partial charge in [0.15, 0.2) is 0 Å². The largest absolute Gasteiger partial charge is 0.481 e. The zero-order valence-electron chi connectivity index (χ0n) is 9.90. The lowest BCUT2D eigenvalue weighted by Gasteiger charge is -2.36. The number of hydrogen-bond donors (Lipinski definition) is 1. The van der Waals surface area contributed by atoms with E-state index in [-0.39, 0.29) is 6.54 Å². The number of alkyl halides is 2. The van der Waals surface area contributed by atoms with E-state index in [0.29, 0.717) is 12.8 Å². The lowest BCUT2D eigenvalue weighted by atomic mass is 9.95. The third-order valence-corrected chi connectivity index (χ3v) is 6.47. The molecule has 18 heavy (non-hydrogen) atoms. The maximum Gasteiger partial charge on any atom is 0.313 e. The number of nitrogens with zero attached hydrogens (tertiary/aromatic N) is 1. The summed E-state index contributed by atoms with van der Waals surface area (Å²) in [5.74, 6) is -6.95. The Bertz CT molecular complexity index is 472. The molecule has 1 saturated carbocycles. The quantitative estimate of drug-likeness (QED) is 0.835. The molecule has 1 unspecified atom stereocenters. The number of hydrogen-bond acceptors (Lipinski definition) is 3. The molecule has 2 fully saturated rings. The van der Waals surface area contributed by atoms with Gasteiger partial charge in [0.05, 0.1) is 4.75 Å². The minimum absolute atomic E-state index is 0.311. The molecular formula is C10H15F2NO4S. The first-order chi connectivity index (χ1) is 8.10. The first-order valence-corrected chi connectivity index (χ1v) is 7.14.